The molecule has 0 aliphatic heterocycles. The summed E-state index contributed by atoms with van der Waals surface area (Å²) in [6.45, 7) is 5.64. The van der Waals surface area contributed by atoms with Crippen LogP contribution in [-0.2, 0) is 13.1 Å². The molecule has 0 unspecified atom stereocenters. The second-order valence-electron chi connectivity index (χ2n) is 5.00. The molecule has 2 heterocycles. The lowest BCUT2D eigenvalue weighted by Gasteiger charge is -2.09. The van der Waals surface area contributed by atoms with Gasteiger partial charge in [0.15, 0.2) is 6.29 Å². The first-order chi connectivity index (χ1) is 10.2. The third-order valence-electron chi connectivity index (χ3n) is 3.75. The summed E-state index contributed by atoms with van der Waals surface area (Å²) in [6, 6.07) is 7.79. The predicted octanol–water partition coefficient (Wildman–Crippen LogP) is 3.79. The summed E-state index contributed by atoms with van der Waals surface area (Å²) >= 11 is 3.63. The summed E-state index contributed by atoms with van der Waals surface area (Å²) in [6.07, 6.45) is 2.93. The van der Waals surface area contributed by atoms with Gasteiger partial charge in [0.1, 0.15) is 0 Å². The van der Waals surface area contributed by atoms with Gasteiger partial charge in [-0.25, -0.2) is 0 Å². The zero-order valence-electron chi connectivity index (χ0n) is 12.0. The van der Waals surface area contributed by atoms with Crippen LogP contribution < -0.4 is 0 Å². The van der Waals surface area contributed by atoms with Crippen LogP contribution in [0.5, 0.6) is 0 Å². The molecule has 0 atom stereocenters. The Morgan fingerprint density at radius 3 is 2.86 bits per heavy atom. The number of carbonyl (C=O) groups is 1. The van der Waals surface area contributed by atoms with Crippen LogP contribution in [0, 0.1) is 6.92 Å². The molecule has 0 saturated carbocycles. The van der Waals surface area contributed by atoms with E-state index in [4.69, 9.17) is 0 Å². The van der Waals surface area contributed by atoms with Crippen molar-refractivity contribution in [2.24, 2.45) is 0 Å². The number of hydrogen-bond donors (Lipinski definition) is 0. The molecule has 0 radical (unpaired) electrons. The van der Waals surface area contributed by atoms with E-state index >= 15 is 0 Å². The molecule has 21 heavy (non-hydrogen) atoms. The van der Waals surface area contributed by atoms with E-state index in [0.717, 1.165) is 51.7 Å². The molecule has 1 aromatic carbocycles. The molecule has 2 aromatic heterocycles. The molecule has 0 spiro atoms. The van der Waals surface area contributed by atoms with Gasteiger partial charge in [-0.2, -0.15) is 5.10 Å². The van der Waals surface area contributed by atoms with Gasteiger partial charge in [-0.15, -0.1) is 0 Å². The number of rotatable bonds is 4. The third-order valence-corrected chi connectivity index (χ3v) is 4.78. The topological polar surface area (TPSA) is 39.8 Å². The first kappa shape index (κ1) is 14.1. The number of halogens is 1. The highest BCUT2D eigenvalue weighted by Gasteiger charge is 2.14. The van der Waals surface area contributed by atoms with E-state index < -0.39 is 0 Å². The maximum Gasteiger partial charge on any atom is 0.150 e. The Hall–Kier alpha value is -1.88. The van der Waals surface area contributed by atoms with Crippen LogP contribution >= 0.6 is 15.9 Å². The molecule has 0 fully saturated rings. The Morgan fingerprint density at radius 1 is 1.33 bits per heavy atom. The number of aromatic nitrogens is 3. The highest BCUT2D eigenvalue weighted by Crippen LogP contribution is 2.25. The fraction of sp³-hybridized carbons (Fsp3) is 0.250. The lowest BCUT2D eigenvalue weighted by Crippen LogP contribution is -2.07. The van der Waals surface area contributed by atoms with E-state index in [9.17, 15) is 4.79 Å². The Balaban J connectivity index is 2.09. The normalized spacial score (nSPS) is 11.2. The van der Waals surface area contributed by atoms with E-state index in [0.29, 0.717) is 0 Å². The van der Waals surface area contributed by atoms with E-state index in [1.807, 2.05) is 42.1 Å². The van der Waals surface area contributed by atoms with E-state index in [1.54, 1.807) is 0 Å². The minimum atomic E-state index is 0.723. The van der Waals surface area contributed by atoms with Crippen molar-refractivity contribution in [3.8, 4) is 0 Å². The van der Waals surface area contributed by atoms with Gasteiger partial charge in [0.2, 0.25) is 0 Å². The number of aldehydes is 1. The summed E-state index contributed by atoms with van der Waals surface area (Å²) < 4.78 is 5.21. The Kier molecular flexibility index (Phi) is 3.68. The highest BCUT2D eigenvalue weighted by molar-refractivity contribution is 9.10. The second kappa shape index (κ2) is 5.48. The third kappa shape index (κ3) is 2.31. The molecule has 0 saturated heterocycles. The van der Waals surface area contributed by atoms with Crippen molar-refractivity contribution >= 4 is 33.1 Å². The largest absolute Gasteiger partial charge is 0.341 e. The fourth-order valence-electron chi connectivity index (χ4n) is 2.67. The summed E-state index contributed by atoms with van der Waals surface area (Å²) in [7, 11) is 0. The first-order valence-electron chi connectivity index (χ1n) is 6.90. The van der Waals surface area contributed by atoms with Crippen LogP contribution in [0.2, 0.25) is 0 Å². The van der Waals surface area contributed by atoms with Crippen molar-refractivity contribution in [1.82, 2.24) is 14.3 Å². The number of nitrogens with zero attached hydrogens (tertiary/aromatic N) is 3. The van der Waals surface area contributed by atoms with Crippen molar-refractivity contribution in [2.75, 3.05) is 0 Å². The molecule has 5 heteroatoms. The molecule has 0 N–H and O–H groups in total. The molecular weight excluding hydrogens is 330 g/mol. The van der Waals surface area contributed by atoms with E-state index in [-0.39, 0.29) is 0 Å². The Morgan fingerprint density at radius 2 is 2.14 bits per heavy atom. The second-order valence-corrected chi connectivity index (χ2v) is 5.80. The number of aryl methyl sites for hydroxylation is 2. The van der Waals surface area contributed by atoms with E-state index in [2.05, 4.69) is 32.5 Å². The van der Waals surface area contributed by atoms with Gasteiger partial charge < -0.3 is 4.57 Å². The minimum absolute atomic E-state index is 0.723. The van der Waals surface area contributed by atoms with Crippen molar-refractivity contribution < 1.29 is 4.79 Å². The zero-order chi connectivity index (χ0) is 15.0. The summed E-state index contributed by atoms with van der Waals surface area (Å²) in [5, 5.41) is 5.51. The quantitative estimate of drug-likeness (QED) is 0.675. The van der Waals surface area contributed by atoms with Gasteiger partial charge >= 0.3 is 0 Å². The number of fused-ring (bicyclic) bond motifs is 1. The first-order valence-corrected chi connectivity index (χ1v) is 7.69. The number of carbonyl (C=O) groups excluding carboxylic acids is 1. The van der Waals surface area contributed by atoms with Gasteiger partial charge in [-0.3, -0.25) is 9.48 Å². The lowest BCUT2D eigenvalue weighted by atomic mass is 10.1. The minimum Gasteiger partial charge on any atom is -0.341 e. The van der Waals surface area contributed by atoms with Gasteiger partial charge in [-0.1, -0.05) is 12.1 Å². The highest BCUT2D eigenvalue weighted by atomic mass is 79.9. The van der Waals surface area contributed by atoms with Crippen molar-refractivity contribution in [1.29, 1.82) is 0 Å². The molecule has 0 bridgehead atoms. The Labute approximate surface area is 131 Å². The van der Waals surface area contributed by atoms with Gasteiger partial charge in [-0.05, 0) is 41.9 Å². The standard InChI is InChI=1S/C16H16BrN3O/c1-3-20-15(16(17)11(2)18-20)9-19-8-7-13-12(10-21)5-4-6-14(13)19/h4-8,10H,3,9H2,1-2H3. The monoisotopic (exact) mass is 345 g/mol. The maximum atomic E-state index is 11.1. The molecule has 0 amide bonds. The van der Waals surface area contributed by atoms with Crippen LogP contribution in [0.4, 0.5) is 0 Å². The average molecular weight is 346 g/mol. The van der Waals surface area contributed by atoms with Crippen LogP contribution in [0.25, 0.3) is 10.9 Å². The molecule has 3 aromatic rings. The zero-order valence-corrected chi connectivity index (χ0v) is 13.6. The fourth-order valence-corrected chi connectivity index (χ4v) is 3.08. The van der Waals surface area contributed by atoms with Crippen molar-refractivity contribution in [3.05, 3.63) is 51.9 Å². The molecule has 3 rings (SSSR count). The van der Waals surface area contributed by atoms with Crippen LogP contribution in [0.1, 0.15) is 28.7 Å². The average Bonchev–Trinajstić information content (AvgIpc) is 3.03. The summed E-state index contributed by atoms with van der Waals surface area (Å²) in [5.41, 5.74) is 3.93. The van der Waals surface area contributed by atoms with E-state index in [1.165, 1.54) is 0 Å². The Bertz CT molecular complexity index is 816. The molecule has 108 valence electrons. The predicted molar refractivity (Wildman–Crippen MR) is 86.8 cm³/mol. The molecular formula is C16H16BrN3O. The smallest absolute Gasteiger partial charge is 0.150 e. The lowest BCUT2D eigenvalue weighted by molar-refractivity contribution is 0.112. The van der Waals surface area contributed by atoms with Crippen LogP contribution in [0.3, 0.4) is 0 Å². The maximum absolute atomic E-state index is 11.1. The summed E-state index contributed by atoms with van der Waals surface area (Å²) in [4.78, 5) is 11.1. The number of benzene rings is 1. The molecule has 4 nitrogen and oxygen atoms in total. The summed E-state index contributed by atoms with van der Waals surface area (Å²) in [5.74, 6) is 0. The van der Waals surface area contributed by atoms with Crippen LogP contribution in [0.15, 0.2) is 34.9 Å². The van der Waals surface area contributed by atoms with Crippen molar-refractivity contribution in [2.45, 2.75) is 26.9 Å². The van der Waals surface area contributed by atoms with Gasteiger partial charge in [0.25, 0.3) is 0 Å². The van der Waals surface area contributed by atoms with Crippen LogP contribution in [-0.4, -0.2) is 20.6 Å². The van der Waals surface area contributed by atoms with Crippen molar-refractivity contribution in [3.63, 3.8) is 0 Å². The number of hydrogen-bond acceptors (Lipinski definition) is 2. The SMILES string of the molecule is CCn1nc(C)c(Br)c1Cn1ccc2c(C=O)cccc21. The molecule has 0 aliphatic carbocycles. The van der Waals surface area contributed by atoms with Gasteiger partial charge in [0.05, 0.1) is 22.4 Å². The molecule has 0 aliphatic rings. The van der Waals surface area contributed by atoms with Gasteiger partial charge in [0, 0.05) is 29.2 Å².